The van der Waals surface area contributed by atoms with Crippen LogP contribution in [0.2, 0.25) is 0 Å². The number of benzene rings is 1. The van der Waals surface area contributed by atoms with Crippen molar-refractivity contribution in [3.63, 3.8) is 0 Å². The second-order valence-corrected chi connectivity index (χ2v) is 8.19. The van der Waals surface area contributed by atoms with Crippen molar-refractivity contribution in [2.75, 3.05) is 38.7 Å². The number of carbonyl (C=O) groups excluding carboxylic acids is 1. The van der Waals surface area contributed by atoms with Crippen LogP contribution in [-0.2, 0) is 0 Å². The van der Waals surface area contributed by atoms with Gasteiger partial charge in [-0.2, -0.15) is 0 Å². The lowest BCUT2D eigenvalue weighted by molar-refractivity contribution is 0.0952. The number of nitrogens with zero attached hydrogens (tertiary/aromatic N) is 1. The van der Waals surface area contributed by atoms with Gasteiger partial charge >= 0.3 is 0 Å². The molecule has 1 fully saturated rings. The van der Waals surface area contributed by atoms with E-state index in [1.54, 1.807) is 0 Å². The molecule has 1 N–H and O–H groups in total. The Kier molecular flexibility index (Phi) is 6.93. The van der Waals surface area contributed by atoms with E-state index >= 15 is 0 Å². The van der Waals surface area contributed by atoms with E-state index in [1.165, 1.54) is 23.5 Å². The first-order valence-electron chi connectivity index (χ1n) is 7.43. The maximum Gasteiger partial charge on any atom is 0.251 e. The van der Waals surface area contributed by atoms with Crippen LogP contribution < -0.4 is 5.32 Å². The molecule has 0 spiro atoms. The predicted octanol–water partition coefficient (Wildman–Crippen LogP) is 3.24. The molecule has 1 aliphatic rings. The molecule has 0 bridgehead atoms. The number of hydrogen-bond acceptors (Lipinski definition) is 4. The molecular formula is C16H24N2OS2. The summed E-state index contributed by atoms with van der Waals surface area (Å²) in [6.07, 6.45) is 2.28. The van der Waals surface area contributed by atoms with E-state index in [0.717, 1.165) is 25.1 Å². The zero-order chi connectivity index (χ0) is 15.1. The molecule has 1 aromatic carbocycles. The van der Waals surface area contributed by atoms with Gasteiger partial charge in [0.1, 0.15) is 0 Å². The van der Waals surface area contributed by atoms with Gasteiger partial charge in [-0.3, -0.25) is 4.79 Å². The van der Waals surface area contributed by atoms with Crippen LogP contribution in [0.25, 0.3) is 0 Å². The fourth-order valence-corrected chi connectivity index (χ4v) is 5.07. The van der Waals surface area contributed by atoms with Crippen molar-refractivity contribution in [3.05, 3.63) is 35.4 Å². The van der Waals surface area contributed by atoms with Crippen molar-refractivity contribution in [1.82, 2.24) is 10.2 Å². The van der Waals surface area contributed by atoms with Crippen LogP contribution in [0, 0.1) is 0 Å². The molecule has 1 amide bonds. The van der Waals surface area contributed by atoms with E-state index in [-0.39, 0.29) is 5.91 Å². The zero-order valence-electron chi connectivity index (χ0n) is 12.8. The van der Waals surface area contributed by atoms with Gasteiger partial charge in [0.05, 0.1) is 4.58 Å². The fraction of sp³-hybridized carbons (Fsp3) is 0.562. The summed E-state index contributed by atoms with van der Waals surface area (Å²) in [5.41, 5.74) is 2.09. The van der Waals surface area contributed by atoms with Gasteiger partial charge in [0.2, 0.25) is 0 Å². The Morgan fingerprint density at radius 3 is 2.52 bits per heavy atom. The number of amides is 1. The molecule has 0 aromatic heterocycles. The Balaban J connectivity index is 1.82. The number of rotatable bonds is 6. The van der Waals surface area contributed by atoms with Crippen molar-refractivity contribution in [2.45, 2.75) is 17.4 Å². The zero-order valence-corrected chi connectivity index (χ0v) is 14.4. The van der Waals surface area contributed by atoms with E-state index in [4.69, 9.17) is 0 Å². The summed E-state index contributed by atoms with van der Waals surface area (Å²) < 4.78 is 0.538. The van der Waals surface area contributed by atoms with Gasteiger partial charge in [0.25, 0.3) is 5.91 Å². The maximum absolute atomic E-state index is 12.0. The molecule has 5 heteroatoms. The average Bonchev–Trinajstić information content (AvgIpc) is 2.52. The summed E-state index contributed by atoms with van der Waals surface area (Å²) in [6.45, 7) is 1.72. The largest absolute Gasteiger partial charge is 0.352 e. The topological polar surface area (TPSA) is 32.3 Å². The van der Waals surface area contributed by atoms with Crippen LogP contribution in [0.1, 0.15) is 33.3 Å². The Bertz CT molecular complexity index is 442. The third-order valence-electron chi connectivity index (χ3n) is 3.34. The minimum Gasteiger partial charge on any atom is -0.352 e. The summed E-state index contributed by atoms with van der Waals surface area (Å²) in [7, 11) is 4.09. The molecule has 1 saturated heterocycles. The highest BCUT2D eigenvalue weighted by Gasteiger charge is 2.16. The second-order valence-electron chi connectivity index (χ2n) is 5.46. The van der Waals surface area contributed by atoms with Crippen molar-refractivity contribution >= 4 is 29.4 Å². The van der Waals surface area contributed by atoms with Gasteiger partial charge in [-0.25, -0.2) is 0 Å². The summed E-state index contributed by atoms with van der Waals surface area (Å²) in [5, 5.41) is 2.98. The van der Waals surface area contributed by atoms with E-state index in [0.29, 0.717) is 4.58 Å². The highest BCUT2D eigenvalue weighted by atomic mass is 32.2. The van der Waals surface area contributed by atoms with Gasteiger partial charge in [-0.05, 0) is 62.7 Å². The van der Waals surface area contributed by atoms with Crippen LogP contribution in [0.3, 0.4) is 0 Å². The molecule has 21 heavy (non-hydrogen) atoms. The molecule has 0 saturated carbocycles. The molecule has 116 valence electrons. The van der Waals surface area contributed by atoms with Gasteiger partial charge in [0, 0.05) is 12.1 Å². The Morgan fingerprint density at radius 2 is 1.90 bits per heavy atom. The first kappa shape index (κ1) is 16.7. The third kappa shape index (κ3) is 5.57. The molecule has 0 atom stereocenters. The standard InChI is InChI=1S/C16H24N2OS2/c1-18(2)10-3-9-17-15(19)13-5-7-14(8-6-13)16-20-11-4-12-21-16/h5-8,16H,3-4,9-12H2,1-2H3,(H,17,19). The molecule has 3 nitrogen and oxygen atoms in total. The molecule has 0 radical (unpaired) electrons. The Hall–Kier alpha value is -0.650. The van der Waals surface area contributed by atoms with Gasteiger partial charge in [-0.1, -0.05) is 12.1 Å². The smallest absolute Gasteiger partial charge is 0.251 e. The number of thioether (sulfide) groups is 2. The third-order valence-corrected chi connectivity index (χ3v) is 6.35. The van der Waals surface area contributed by atoms with Crippen molar-refractivity contribution < 1.29 is 4.79 Å². The lowest BCUT2D eigenvalue weighted by Gasteiger charge is -2.21. The average molecular weight is 325 g/mol. The van der Waals surface area contributed by atoms with Crippen LogP contribution in [0.15, 0.2) is 24.3 Å². The van der Waals surface area contributed by atoms with Crippen LogP contribution >= 0.6 is 23.5 Å². The molecule has 1 aromatic rings. The van der Waals surface area contributed by atoms with E-state index in [9.17, 15) is 4.79 Å². The number of hydrogen-bond donors (Lipinski definition) is 1. The molecule has 1 heterocycles. The van der Waals surface area contributed by atoms with Crippen LogP contribution in [-0.4, -0.2) is 49.5 Å². The van der Waals surface area contributed by atoms with Gasteiger partial charge in [-0.15, -0.1) is 23.5 Å². The highest BCUT2D eigenvalue weighted by molar-refractivity contribution is 8.16. The highest BCUT2D eigenvalue weighted by Crippen LogP contribution is 2.43. The summed E-state index contributed by atoms with van der Waals surface area (Å²) in [6, 6.07) is 8.11. The number of carbonyl (C=O) groups is 1. The minimum atomic E-state index is 0.0317. The predicted molar refractivity (Wildman–Crippen MR) is 94.2 cm³/mol. The van der Waals surface area contributed by atoms with E-state index in [2.05, 4.69) is 22.3 Å². The number of nitrogens with one attached hydrogen (secondary N) is 1. The van der Waals surface area contributed by atoms with Crippen molar-refractivity contribution in [3.8, 4) is 0 Å². The summed E-state index contributed by atoms with van der Waals surface area (Å²) in [4.78, 5) is 14.2. The Morgan fingerprint density at radius 1 is 1.24 bits per heavy atom. The minimum absolute atomic E-state index is 0.0317. The molecular weight excluding hydrogens is 300 g/mol. The molecule has 0 unspecified atom stereocenters. The summed E-state index contributed by atoms with van der Waals surface area (Å²) in [5.74, 6) is 2.52. The van der Waals surface area contributed by atoms with Gasteiger partial charge in [0.15, 0.2) is 0 Å². The van der Waals surface area contributed by atoms with Crippen molar-refractivity contribution in [1.29, 1.82) is 0 Å². The summed E-state index contributed by atoms with van der Waals surface area (Å²) >= 11 is 4.02. The normalized spacial score (nSPS) is 16.1. The lowest BCUT2D eigenvalue weighted by atomic mass is 10.1. The molecule has 2 rings (SSSR count). The first-order chi connectivity index (χ1) is 10.2. The monoisotopic (exact) mass is 324 g/mol. The van der Waals surface area contributed by atoms with Gasteiger partial charge < -0.3 is 10.2 Å². The lowest BCUT2D eigenvalue weighted by Crippen LogP contribution is -2.27. The quantitative estimate of drug-likeness (QED) is 0.814. The van der Waals surface area contributed by atoms with E-state index < -0.39 is 0 Å². The fourth-order valence-electron chi connectivity index (χ4n) is 2.17. The van der Waals surface area contributed by atoms with Crippen LogP contribution in [0.4, 0.5) is 0 Å². The SMILES string of the molecule is CN(C)CCCNC(=O)c1ccc(C2SCCCS2)cc1. The Labute approximate surface area is 136 Å². The molecule has 1 aliphatic heterocycles. The second kappa shape index (κ2) is 8.71. The molecule has 0 aliphatic carbocycles. The maximum atomic E-state index is 12.0. The van der Waals surface area contributed by atoms with E-state index in [1.807, 2.05) is 49.8 Å². The van der Waals surface area contributed by atoms with Crippen molar-refractivity contribution in [2.24, 2.45) is 0 Å². The van der Waals surface area contributed by atoms with Crippen LogP contribution in [0.5, 0.6) is 0 Å². The first-order valence-corrected chi connectivity index (χ1v) is 9.52.